The summed E-state index contributed by atoms with van der Waals surface area (Å²) in [6.45, 7) is 2.62. The van der Waals surface area contributed by atoms with Gasteiger partial charge in [-0.15, -0.1) is 0 Å². The average Bonchev–Trinajstić information content (AvgIpc) is 3.60. The Morgan fingerprint density at radius 2 is 1.92 bits per heavy atom. The molecule has 4 N–H and O–H groups in total. The average molecular weight is 523 g/mol. The molecule has 184 valence electrons. The number of carbonyl (C=O) groups excluding carboxylic acids is 1. The largest absolute Gasteiger partial charge is 0.366 e. The van der Waals surface area contributed by atoms with Gasteiger partial charge in [-0.25, -0.2) is 19.6 Å². The highest BCUT2D eigenvalue weighted by atomic mass is 35.5. The summed E-state index contributed by atoms with van der Waals surface area (Å²) >= 11 is 7.98. The first-order valence-corrected chi connectivity index (χ1v) is 12.6. The van der Waals surface area contributed by atoms with Gasteiger partial charge in [0, 0.05) is 48.5 Å². The fraction of sp³-hybridized carbons (Fsp3) is 0.304. The Hall–Kier alpha value is -3.48. The van der Waals surface area contributed by atoms with E-state index in [1.165, 1.54) is 28.8 Å². The maximum absolute atomic E-state index is 11.4. The third-order valence-electron chi connectivity index (χ3n) is 7.02. The highest BCUT2D eigenvalue weighted by Crippen LogP contribution is 2.47. The Morgan fingerprint density at radius 1 is 1.08 bits per heavy atom. The molecule has 11 nitrogen and oxygen atoms in total. The Bertz CT molecular complexity index is 1430. The molecule has 1 spiro atoms. The van der Waals surface area contributed by atoms with Gasteiger partial charge in [-0.05, 0) is 25.0 Å². The maximum atomic E-state index is 11.4. The van der Waals surface area contributed by atoms with Gasteiger partial charge in [0.1, 0.15) is 10.8 Å². The van der Waals surface area contributed by atoms with Crippen LogP contribution in [0.3, 0.4) is 0 Å². The van der Waals surface area contributed by atoms with Crippen LogP contribution in [0.5, 0.6) is 0 Å². The number of rotatable bonds is 5. The number of anilines is 1. The first-order chi connectivity index (χ1) is 17.4. The van der Waals surface area contributed by atoms with Crippen molar-refractivity contribution in [1.29, 1.82) is 0 Å². The minimum atomic E-state index is -0.569. The van der Waals surface area contributed by atoms with Gasteiger partial charge in [-0.3, -0.25) is 9.48 Å². The molecule has 6 heterocycles. The number of piperidine rings is 1. The molecule has 13 heteroatoms. The van der Waals surface area contributed by atoms with E-state index in [1.54, 1.807) is 24.7 Å². The number of hydrogen-bond acceptors (Lipinski definition) is 9. The van der Waals surface area contributed by atoms with E-state index in [4.69, 9.17) is 23.1 Å². The SMILES string of the molecule is NC(=O)c1cnn(-c2nccc(Sc3cnc(N4CCC5(CC4)Cn4nccc4[C@H]5N)cn3)c2Cl)c1. The van der Waals surface area contributed by atoms with Crippen LogP contribution in [-0.2, 0) is 6.54 Å². The molecule has 0 saturated carbocycles. The van der Waals surface area contributed by atoms with E-state index < -0.39 is 5.91 Å². The molecule has 6 rings (SSSR count). The van der Waals surface area contributed by atoms with E-state index in [0.717, 1.165) is 48.9 Å². The van der Waals surface area contributed by atoms with Gasteiger partial charge in [0.15, 0.2) is 5.82 Å². The van der Waals surface area contributed by atoms with Crippen LogP contribution in [-0.4, -0.2) is 53.5 Å². The van der Waals surface area contributed by atoms with Crippen molar-refractivity contribution >= 4 is 35.1 Å². The van der Waals surface area contributed by atoms with Crippen molar-refractivity contribution in [1.82, 2.24) is 34.5 Å². The highest BCUT2D eigenvalue weighted by Gasteiger charge is 2.46. The first-order valence-electron chi connectivity index (χ1n) is 11.4. The molecule has 0 aliphatic carbocycles. The Balaban J connectivity index is 1.13. The summed E-state index contributed by atoms with van der Waals surface area (Å²) in [5.41, 5.74) is 13.4. The Kier molecular flexibility index (Phi) is 5.66. The second-order valence-corrected chi connectivity index (χ2v) is 10.5. The molecule has 0 unspecified atom stereocenters. The molecule has 2 aliphatic rings. The van der Waals surface area contributed by atoms with Crippen LogP contribution >= 0.6 is 23.4 Å². The molecule has 36 heavy (non-hydrogen) atoms. The molecule has 1 fully saturated rings. The fourth-order valence-corrected chi connectivity index (χ4v) is 6.02. The van der Waals surface area contributed by atoms with E-state index in [1.807, 2.05) is 16.9 Å². The van der Waals surface area contributed by atoms with Gasteiger partial charge >= 0.3 is 0 Å². The van der Waals surface area contributed by atoms with Crippen LogP contribution in [0.25, 0.3) is 5.82 Å². The summed E-state index contributed by atoms with van der Waals surface area (Å²) < 4.78 is 3.47. The van der Waals surface area contributed by atoms with Gasteiger partial charge in [0.05, 0.1) is 40.9 Å². The number of halogens is 1. The van der Waals surface area contributed by atoms with E-state index in [0.29, 0.717) is 15.9 Å². The number of primary amides is 1. The van der Waals surface area contributed by atoms with Crippen molar-refractivity contribution in [2.24, 2.45) is 16.9 Å². The predicted molar refractivity (Wildman–Crippen MR) is 134 cm³/mol. The number of aromatic nitrogens is 7. The maximum Gasteiger partial charge on any atom is 0.251 e. The van der Waals surface area contributed by atoms with E-state index in [2.05, 4.69) is 30.0 Å². The summed E-state index contributed by atoms with van der Waals surface area (Å²) in [4.78, 5) is 27.9. The number of amides is 1. The van der Waals surface area contributed by atoms with Gasteiger partial charge in [-0.1, -0.05) is 23.4 Å². The van der Waals surface area contributed by atoms with Crippen LogP contribution in [0.4, 0.5) is 5.82 Å². The van der Waals surface area contributed by atoms with Gasteiger partial charge < -0.3 is 16.4 Å². The topological polar surface area (TPSA) is 147 Å². The molecule has 1 atom stereocenters. The molecule has 2 aliphatic heterocycles. The molecule has 1 amide bonds. The van der Waals surface area contributed by atoms with Crippen molar-refractivity contribution in [2.45, 2.75) is 35.3 Å². The zero-order valence-electron chi connectivity index (χ0n) is 19.2. The van der Waals surface area contributed by atoms with Crippen molar-refractivity contribution in [3.63, 3.8) is 0 Å². The van der Waals surface area contributed by atoms with Gasteiger partial charge in [0.2, 0.25) is 0 Å². The van der Waals surface area contributed by atoms with E-state index >= 15 is 0 Å². The number of nitrogens with two attached hydrogens (primary N) is 2. The lowest BCUT2D eigenvalue weighted by Crippen LogP contribution is -2.45. The molecule has 0 aromatic carbocycles. The van der Waals surface area contributed by atoms with Crippen LogP contribution in [0.2, 0.25) is 5.02 Å². The summed E-state index contributed by atoms with van der Waals surface area (Å²) in [6, 6.07) is 3.84. The number of fused-ring (bicyclic) bond motifs is 1. The zero-order valence-corrected chi connectivity index (χ0v) is 20.7. The molecule has 4 aromatic heterocycles. The second kappa shape index (κ2) is 8.87. The monoisotopic (exact) mass is 522 g/mol. The molecule has 0 radical (unpaired) electrons. The number of carbonyl (C=O) groups is 1. The summed E-state index contributed by atoms with van der Waals surface area (Å²) in [5.74, 6) is 0.670. The predicted octanol–water partition coefficient (Wildman–Crippen LogP) is 2.46. The summed E-state index contributed by atoms with van der Waals surface area (Å²) in [6.07, 6.45) is 11.8. The Morgan fingerprint density at radius 3 is 2.61 bits per heavy atom. The van der Waals surface area contributed by atoms with Crippen LogP contribution in [0.15, 0.2) is 59.2 Å². The lowest BCUT2D eigenvalue weighted by Gasteiger charge is -2.41. The van der Waals surface area contributed by atoms with Gasteiger partial charge in [-0.2, -0.15) is 10.2 Å². The Labute approximate surface area is 215 Å². The van der Waals surface area contributed by atoms with Crippen LogP contribution in [0, 0.1) is 5.41 Å². The van der Waals surface area contributed by atoms with E-state index in [9.17, 15) is 4.79 Å². The third kappa shape index (κ3) is 3.91. The van der Waals surface area contributed by atoms with E-state index in [-0.39, 0.29) is 17.0 Å². The number of hydrogen-bond donors (Lipinski definition) is 2. The molecular weight excluding hydrogens is 500 g/mol. The molecule has 0 bridgehead atoms. The summed E-state index contributed by atoms with van der Waals surface area (Å²) in [7, 11) is 0. The number of pyridine rings is 1. The zero-order chi connectivity index (χ0) is 24.9. The lowest BCUT2D eigenvalue weighted by atomic mass is 9.73. The van der Waals surface area contributed by atoms with Crippen LogP contribution in [0.1, 0.15) is 34.9 Å². The normalized spacial score (nSPS) is 18.5. The minimum Gasteiger partial charge on any atom is -0.366 e. The van der Waals surface area contributed by atoms with Gasteiger partial charge in [0.25, 0.3) is 5.91 Å². The van der Waals surface area contributed by atoms with Crippen molar-refractivity contribution < 1.29 is 4.79 Å². The van der Waals surface area contributed by atoms with Crippen molar-refractivity contribution in [2.75, 3.05) is 18.0 Å². The molecular formula is C23H23ClN10OS. The van der Waals surface area contributed by atoms with Crippen molar-refractivity contribution in [3.05, 3.63) is 65.6 Å². The molecule has 1 saturated heterocycles. The second-order valence-electron chi connectivity index (χ2n) is 9.04. The quantitative estimate of drug-likeness (QED) is 0.403. The smallest absolute Gasteiger partial charge is 0.251 e. The lowest BCUT2D eigenvalue weighted by molar-refractivity contribution is 0.100. The number of nitrogens with zero attached hydrogens (tertiary/aromatic N) is 8. The standard InChI is InChI=1S/C23H23ClN10OS/c24-19-16(2-5-27-22(19)33-12-14(9-31-33)21(26)35)36-18-11-28-17(10-29-18)32-7-3-23(4-8-32)13-34-15(20(23)25)1-6-30-34/h1-2,5-6,9-12,20H,3-4,7-8,13,25H2,(H2,26,35)/t20-/m1/s1. The van der Waals surface area contributed by atoms with Crippen LogP contribution < -0.4 is 16.4 Å². The fourth-order valence-electron chi connectivity index (χ4n) is 4.96. The third-order valence-corrected chi connectivity index (χ3v) is 8.49. The molecule has 4 aromatic rings. The van der Waals surface area contributed by atoms with Crippen molar-refractivity contribution in [3.8, 4) is 5.82 Å². The minimum absolute atomic E-state index is 0.0196. The summed E-state index contributed by atoms with van der Waals surface area (Å²) in [5, 5.41) is 9.64. The highest BCUT2D eigenvalue weighted by molar-refractivity contribution is 7.99. The first kappa shape index (κ1) is 23.0.